The van der Waals surface area contributed by atoms with Crippen LogP contribution in [-0.2, 0) is 0 Å². The van der Waals surface area contributed by atoms with Crippen molar-refractivity contribution in [3.8, 4) is 0 Å². The van der Waals surface area contributed by atoms with Crippen molar-refractivity contribution in [2.24, 2.45) is 11.8 Å². The van der Waals surface area contributed by atoms with E-state index < -0.39 is 5.97 Å². The maximum atomic E-state index is 10.9. The zero-order valence-corrected chi connectivity index (χ0v) is 11.7. The number of aromatic nitrogens is 1. The molecule has 1 fully saturated rings. The lowest BCUT2D eigenvalue weighted by molar-refractivity contribution is 0.0702. The van der Waals surface area contributed by atoms with Crippen LogP contribution in [0.5, 0.6) is 0 Å². The van der Waals surface area contributed by atoms with E-state index in [1.165, 1.54) is 36.8 Å². The Morgan fingerprint density at radius 3 is 2.89 bits per heavy atom. The summed E-state index contributed by atoms with van der Waals surface area (Å²) in [5.74, 6) is 0.637. The van der Waals surface area contributed by atoms with Gasteiger partial charge in [-0.3, -0.25) is 0 Å². The first-order valence-corrected chi connectivity index (χ1v) is 7.33. The Hall–Kier alpha value is -1.10. The molecule has 1 atom stereocenters. The Kier molecular flexibility index (Phi) is 4.22. The van der Waals surface area contributed by atoms with E-state index in [9.17, 15) is 4.79 Å². The van der Waals surface area contributed by atoms with Crippen molar-refractivity contribution in [3.05, 3.63) is 11.1 Å². The van der Waals surface area contributed by atoms with E-state index in [1.54, 1.807) is 0 Å². The Bertz CT molecular complexity index is 417. The molecule has 4 nitrogen and oxygen atoms in total. The van der Waals surface area contributed by atoms with Gasteiger partial charge < -0.3 is 10.0 Å². The van der Waals surface area contributed by atoms with Crippen LogP contribution in [0.4, 0.5) is 5.13 Å². The molecule has 5 heteroatoms. The maximum absolute atomic E-state index is 10.9. The summed E-state index contributed by atoms with van der Waals surface area (Å²) < 4.78 is 0. The highest BCUT2D eigenvalue weighted by atomic mass is 32.1. The van der Waals surface area contributed by atoms with Crippen molar-refractivity contribution in [2.75, 3.05) is 18.0 Å². The van der Waals surface area contributed by atoms with E-state index in [4.69, 9.17) is 5.11 Å². The van der Waals surface area contributed by atoms with Crippen LogP contribution in [0, 0.1) is 11.8 Å². The maximum Gasteiger partial charge on any atom is 0.347 e. The summed E-state index contributed by atoms with van der Waals surface area (Å²) in [6.07, 6.45) is 5.09. The lowest BCUT2D eigenvalue weighted by atomic mass is 9.89. The molecule has 0 bridgehead atoms. The average molecular weight is 268 g/mol. The van der Waals surface area contributed by atoms with Gasteiger partial charge in [0.05, 0.1) is 6.20 Å². The van der Waals surface area contributed by atoms with E-state index in [1.807, 2.05) is 0 Å². The Morgan fingerprint density at radius 2 is 2.28 bits per heavy atom. The van der Waals surface area contributed by atoms with Crippen LogP contribution >= 0.6 is 11.3 Å². The van der Waals surface area contributed by atoms with Crippen LogP contribution < -0.4 is 4.90 Å². The van der Waals surface area contributed by atoms with Crippen LogP contribution in [0.3, 0.4) is 0 Å². The normalized spacial score (nSPS) is 21.1. The molecule has 2 rings (SSSR count). The van der Waals surface area contributed by atoms with E-state index in [0.717, 1.165) is 30.1 Å². The summed E-state index contributed by atoms with van der Waals surface area (Å²) in [6.45, 7) is 6.56. The van der Waals surface area contributed by atoms with Gasteiger partial charge in [0.2, 0.25) is 0 Å². The van der Waals surface area contributed by atoms with Crippen LogP contribution in [0.15, 0.2) is 6.20 Å². The van der Waals surface area contributed by atoms with Crippen LogP contribution in [0.1, 0.15) is 42.8 Å². The zero-order valence-electron chi connectivity index (χ0n) is 10.9. The lowest BCUT2D eigenvalue weighted by Gasteiger charge is -2.20. The first-order valence-electron chi connectivity index (χ1n) is 6.52. The second-order valence-corrected chi connectivity index (χ2v) is 6.24. The van der Waals surface area contributed by atoms with E-state index in [2.05, 4.69) is 23.7 Å². The third-order valence-electron chi connectivity index (χ3n) is 3.69. The van der Waals surface area contributed by atoms with Gasteiger partial charge in [-0.2, -0.15) is 0 Å². The third kappa shape index (κ3) is 3.02. The summed E-state index contributed by atoms with van der Waals surface area (Å²) in [7, 11) is 0. The number of carboxylic acid groups (broad SMARTS) is 1. The predicted molar refractivity (Wildman–Crippen MR) is 73.5 cm³/mol. The molecule has 0 radical (unpaired) electrons. The van der Waals surface area contributed by atoms with Gasteiger partial charge in [0.15, 0.2) is 5.13 Å². The van der Waals surface area contributed by atoms with Gasteiger partial charge in [-0.15, -0.1) is 0 Å². The first-order chi connectivity index (χ1) is 8.58. The van der Waals surface area contributed by atoms with Gasteiger partial charge >= 0.3 is 5.97 Å². The minimum Gasteiger partial charge on any atom is -0.477 e. The number of hydrogen-bond acceptors (Lipinski definition) is 4. The van der Waals surface area contributed by atoms with Gasteiger partial charge in [-0.25, -0.2) is 9.78 Å². The van der Waals surface area contributed by atoms with E-state index in [0.29, 0.717) is 4.88 Å². The molecule has 1 N–H and O–H groups in total. The molecule has 0 amide bonds. The van der Waals surface area contributed by atoms with Gasteiger partial charge in [0.1, 0.15) is 4.88 Å². The Balaban J connectivity index is 2.02. The number of aromatic carboxylic acids is 1. The highest BCUT2D eigenvalue weighted by Gasteiger charge is 2.21. The summed E-state index contributed by atoms with van der Waals surface area (Å²) in [5, 5.41) is 9.78. The SMILES string of the molecule is CC(C)C1CCCN(c2ncc(C(=O)O)s2)CC1. The number of rotatable bonds is 3. The minimum atomic E-state index is -0.881. The highest BCUT2D eigenvalue weighted by molar-refractivity contribution is 7.17. The second kappa shape index (κ2) is 5.69. The molecule has 0 aliphatic carbocycles. The van der Waals surface area contributed by atoms with Crippen molar-refractivity contribution in [1.82, 2.24) is 4.98 Å². The predicted octanol–water partition coefficient (Wildman–Crippen LogP) is 3.10. The van der Waals surface area contributed by atoms with Gasteiger partial charge in [0, 0.05) is 13.1 Å². The molecule has 0 aromatic carbocycles. The fraction of sp³-hybridized carbons (Fsp3) is 0.692. The van der Waals surface area contributed by atoms with Crippen molar-refractivity contribution in [2.45, 2.75) is 33.1 Å². The molecule has 18 heavy (non-hydrogen) atoms. The molecule has 1 aliphatic heterocycles. The van der Waals surface area contributed by atoms with Crippen LogP contribution in [0.25, 0.3) is 0 Å². The summed E-state index contributed by atoms with van der Waals surface area (Å²) in [6, 6.07) is 0. The topological polar surface area (TPSA) is 53.4 Å². The van der Waals surface area contributed by atoms with E-state index in [-0.39, 0.29) is 0 Å². The first kappa shape index (κ1) is 13.3. The van der Waals surface area contributed by atoms with Crippen molar-refractivity contribution in [1.29, 1.82) is 0 Å². The molecule has 1 aliphatic rings. The molecule has 1 unspecified atom stereocenters. The zero-order chi connectivity index (χ0) is 13.1. The number of carbonyl (C=O) groups is 1. The van der Waals surface area contributed by atoms with Gasteiger partial charge in [0.25, 0.3) is 0 Å². The highest BCUT2D eigenvalue weighted by Crippen LogP contribution is 2.29. The fourth-order valence-electron chi connectivity index (χ4n) is 2.49. The number of anilines is 1. The molecule has 1 saturated heterocycles. The molecule has 100 valence electrons. The number of hydrogen-bond donors (Lipinski definition) is 1. The molecule has 2 heterocycles. The molecular formula is C13H20N2O2S. The average Bonchev–Trinajstić information content (AvgIpc) is 2.67. The number of thiazole rings is 1. The summed E-state index contributed by atoms with van der Waals surface area (Å²) >= 11 is 1.28. The number of nitrogens with zero attached hydrogens (tertiary/aromatic N) is 2. The Labute approximate surface area is 112 Å². The third-order valence-corrected chi connectivity index (χ3v) is 4.74. The smallest absolute Gasteiger partial charge is 0.347 e. The van der Waals surface area contributed by atoms with Crippen molar-refractivity contribution >= 4 is 22.4 Å². The minimum absolute atomic E-state index is 0.328. The molecule has 1 aromatic heterocycles. The Morgan fingerprint density at radius 1 is 1.50 bits per heavy atom. The van der Waals surface area contributed by atoms with Crippen molar-refractivity contribution in [3.63, 3.8) is 0 Å². The number of carboxylic acids is 1. The van der Waals surface area contributed by atoms with Crippen LogP contribution in [-0.4, -0.2) is 29.1 Å². The lowest BCUT2D eigenvalue weighted by Crippen LogP contribution is -2.24. The standard InChI is InChI=1S/C13H20N2O2S/c1-9(2)10-4-3-6-15(7-5-10)13-14-8-11(18-13)12(16)17/h8-10H,3-7H2,1-2H3,(H,16,17). The van der Waals surface area contributed by atoms with Gasteiger partial charge in [-0.1, -0.05) is 25.2 Å². The molecule has 1 aromatic rings. The molecule has 0 saturated carbocycles. The van der Waals surface area contributed by atoms with Crippen molar-refractivity contribution < 1.29 is 9.90 Å². The second-order valence-electron chi connectivity index (χ2n) is 5.23. The molecular weight excluding hydrogens is 248 g/mol. The summed E-state index contributed by atoms with van der Waals surface area (Å²) in [4.78, 5) is 17.7. The van der Waals surface area contributed by atoms with Crippen LogP contribution in [0.2, 0.25) is 0 Å². The largest absolute Gasteiger partial charge is 0.477 e. The monoisotopic (exact) mass is 268 g/mol. The van der Waals surface area contributed by atoms with E-state index >= 15 is 0 Å². The fourth-order valence-corrected chi connectivity index (χ4v) is 3.30. The molecule has 0 spiro atoms. The summed E-state index contributed by atoms with van der Waals surface area (Å²) in [5.41, 5.74) is 0. The quantitative estimate of drug-likeness (QED) is 0.915. The van der Waals surface area contributed by atoms with Gasteiger partial charge in [-0.05, 0) is 31.1 Å².